The molecule has 1 aromatic carbocycles. The predicted octanol–water partition coefficient (Wildman–Crippen LogP) is 3.27. The fraction of sp³-hybridized carbons (Fsp3) is 0.182. The molecule has 1 aliphatic heterocycles. The minimum atomic E-state index is -1.40. The van der Waals surface area contributed by atoms with Crippen molar-refractivity contribution >= 4 is 33.0 Å². The molecule has 0 saturated heterocycles. The minimum Gasteiger partial charge on any atom is -0.334 e. The average molecular weight is 459 g/mol. The monoisotopic (exact) mass is 459 g/mol. The Kier molecular flexibility index (Phi) is 4.70. The first-order valence-electron chi connectivity index (χ1n) is 9.66. The number of nitrogens with one attached hydrogen (secondary N) is 1. The first kappa shape index (κ1) is 20.5. The van der Waals surface area contributed by atoms with Crippen LogP contribution in [0.25, 0.3) is 16.3 Å². The number of carbonyl (C=O) groups excluding carboxylic acids is 1. The van der Waals surface area contributed by atoms with Crippen LogP contribution in [0.3, 0.4) is 0 Å². The predicted molar refractivity (Wildman–Crippen MR) is 113 cm³/mol. The van der Waals surface area contributed by atoms with E-state index in [4.69, 9.17) is 0 Å². The van der Waals surface area contributed by atoms with Crippen LogP contribution < -0.4 is 5.56 Å². The molecular weight excluding hydrogens is 443 g/mol. The van der Waals surface area contributed by atoms with Crippen molar-refractivity contribution in [2.75, 3.05) is 12.8 Å². The molecule has 4 heterocycles. The van der Waals surface area contributed by atoms with E-state index < -0.39 is 45.8 Å². The summed E-state index contributed by atoms with van der Waals surface area (Å²) in [5.74, 6) is -3.16. The van der Waals surface area contributed by atoms with E-state index in [1.54, 1.807) is 6.20 Å². The molecule has 0 bridgehead atoms. The van der Waals surface area contributed by atoms with Gasteiger partial charge in [0.1, 0.15) is 5.82 Å². The number of fused-ring (bicyclic) bond motifs is 4. The molecule has 0 unspecified atom stereocenters. The topological polar surface area (TPSA) is 74.7 Å². The Hall–Kier alpha value is -3.40. The lowest BCUT2D eigenvalue weighted by Crippen LogP contribution is -2.38. The van der Waals surface area contributed by atoms with Gasteiger partial charge in [-0.05, 0) is 35.7 Å². The lowest BCUT2D eigenvalue weighted by molar-refractivity contribution is 0.0744. The van der Waals surface area contributed by atoms with Crippen LogP contribution in [0.15, 0.2) is 47.5 Å². The Bertz CT molecular complexity index is 1510. The standard InChI is InChI=1S/C22H16F3N3O3S/c1-27(22(30)11-5-18-14(23)3-2-4-28(18)8-11)19-10-32(31)9-17-20(19)12-6-15(24)16(25)7-13(12)21(29)26-17/h2-8,19H,9-10H2,1H3,(H,26,29)/t19-,32+/m1/s1. The normalized spacial score (nSPS) is 18.1. The first-order valence-corrected chi connectivity index (χ1v) is 11.2. The maximum Gasteiger partial charge on any atom is 0.256 e. The zero-order valence-electron chi connectivity index (χ0n) is 16.7. The van der Waals surface area contributed by atoms with Gasteiger partial charge in [0.25, 0.3) is 11.5 Å². The number of aromatic nitrogens is 2. The van der Waals surface area contributed by atoms with Gasteiger partial charge in [-0.15, -0.1) is 0 Å². The summed E-state index contributed by atoms with van der Waals surface area (Å²) in [5.41, 5.74) is 0.545. The fourth-order valence-corrected chi connectivity index (χ4v) is 5.64. The zero-order valence-corrected chi connectivity index (χ0v) is 17.5. The quantitative estimate of drug-likeness (QED) is 0.500. The van der Waals surface area contributed by atoms with Gasteiger partial charge in [-0.1, -0.05) is 0 Å². The molecule has 6 nitrogen and oxygen atoms in total. The van der Waals surface area contributed by atoms with Crippen molar-refractivity contribution in [2.45, 2.75) is 11.8 Å². The number of pyridine rings is 2. The van der Waals surface area contributed by atoms with Crippen LogP contribution in [0.2, 0.25) is 0 Å². The molecular formula is C22H16F3N3O3S. The van der Waals surface area contributed by atoms with Crippen molar-refractivity contribution in [2.24, 2.45) is 0 Å². The summed E-state index contributed by atoms with van der Waals surface area (Å²) in [5, 5.41) is 0.106. The van der Waals surface area contributed by atoms with Crippen LogP contribution in [0, 0.1) is 17.5 Å². The van der Waals surface area contributed by atoms with Gasteiger partial charge in [-0.3, -0.25) is 13.8 Å². The molecule has 3 aromatic heterocycles. The number of hydrogen-bond donors (Lipinski definition) is 1. The maximum atomic E-state index is 14.1. The molecule has 4 aromatic rings. The van der Waals surface area contributed by atoms with E-state index in [1.165, 1.54) is 40.7 Å². The number of hydrogen-bond acceptors (Lipinski definition) is 3. The van der Waals surface area contributed by atoms with Gasteiger partial charge in [0, 0.05) is 47.3 Å². The van der Waals surface area contributed by atoms with E-state index in [0.29, 0.717) is 11.3 Å². The summed E-state index contributed by atoms with van der Waals surface area (Å²) in [6.07, 6.45) is 3.09. The third-order valence-corrected chi connectivity index (χ3v) is 7.08. The minimum absolute atomic E-state index is 0.0271. The van der Waals surface area contributed by atoms with Gasteiger partial charge in [-0.25, -0.2) is 13.2 Å². The van der Waals surface area contributed by atoms with Gasteiger partial charge >= 0.3 is 0 Å². The van der Waals surface area contributed by atoms with Crippen LogP contribution >= 0.6 is 0 Å². The molecule has 1 aliphatic rings. The highest BCUT2D eigenvalue weighted by atomic mass is 32.2. The number of H-pyrrole nitrogens is 1. The number of carbonyl (C=O) groups is 1. The number of nitrogens with zero attached hydrogens (tertiary/aromatic N) is 2. The maximum absolute atomic E-state index is 14.1. The third kappa shape index (κ3) is 3.13. The smallest absolute Gasteiger partial charge is 0.256 e. The number of aromatic amines is 1. The van der Waals surface area contributed by atoms with Crippen LogP contribution in [-0.4, -0.2) is 37.2 Å². The Morgan fingerprint density at radius 3 is 2.59 bits per heavy atom. The van der Waals surface area contributed by atoms with E-state index in [1.807, 2.05) is 0 Å². The van der Waals surface area contributed by atoms with Gasteiger partial charge in [0.2, 0.25) is 0 Å². The van der Waals surface area contributed by atoms with E-state index in [9.17, 15) is 27.0 Å². The van der Waals surface area contributed by atoms with E-state index >= 15 is 0 Å². The van der Waals surface area contributed by atoms with Gasteiger partial charge in [-0.2, -0.15) is 0 Å². The Morgan fingerprint density at radius 2 is 1.88 bits per heavy atom. The molecule has 0 radical (unpaired) electrons. The zero-order chi connectivity index (χ0) is 22.7. The van der Waals surface area contributed by atoms with Gasteiger partial charge < -0.3 is 14.3 Å². The molecule has 0 fully saturated rings. The number of benzene rings is 1. The second kappa shape index (κ2) is 7.33. The lowest BCUT2D eigenvalue weighted by atomic mass is 9.97. The van der Waals surface area contributed by atoms with Crippen molar-refractivity contribution < 1.29 is 22.2 Å². The fourth-order valence-electron chi connectivity index (χ4n) is 4.23. The molecule has 0 saturated carbocycles. The SMILES string of the molecule is CN(C(=O)c1cc2c(F)cccn2c1)[C@@H]1C[S@@](=O)Cc2[nH]c(=O)c3cc(F)c(F)cc3c21. The molecule has 1 N–H and O–H groups in total. The van der Waals surface area contributed by atoms with Crippen LogP contribution in [0.1, 0.15) is 27.7 Å². The number of amides is 1. The second-order valence-corrected chi connectivity index (χ2v) is 9.22. The summed E-state index contributed by atoms with van der Waals surface area (Å²) >= 11 is 0. The largest absolute Gasteiger partial charge is 0.334 e. The summed E-state index contributed by atoms with van der Waals surface area (Å²) in [4.78, 5) is 29.6. The Balaban J connectivity index is 1.65. The van der Waals surface area contributed by atoms with Crippen molar-refractivity contribution in [1.29, 1.82) is 0 Å². The Morgan fingerprint density at radius 1 is 1.16 bits per heavy atom. The van der Waals surface area contributed by atoms with E-state index in [0.717, 1.165) is 12.1 Å². The molecule has 0 spiro atoms. The highest BCUT2D eigenvalue weighted by Gasteiger charge is 2.34. The Labute approximate surface area is 181 Å². The molecule has 5 rings (SSSR count). The van der Waals surface area contributed by atoms with Gasteiger partial charge in [0.05, 0.1) is 28.3 Å². The van der Waals surface area contributed by atoms with E-state index in [2.05, 4.69) is 4.98 Å². The van der Waals surface area contributed by atoms with Crippen molar-refractivity contribution in [3.63, 3.8) is 0 Å². The van der Waals surface area contributed by atoms with Crippen molar-refractivity contribution in [1.82, 2.24) is 14.3 Å². The highest BCUT2D eigenvalue weighted by molar-refractivity contribution is 7.84. The molecule has 32 heavy (non-hydrogen) atoms. The summed E-state index contributed by atoms with van der Waals surface area (Å²) in [6, 6.07) is 5.18. The summed E-state index contributed by atoms with van der Waals surface area (Å²) < 4.78 is 55.9. The van der Waals surface area contributed by atoms with Crippen LogP contribution in [0.5, 0.6) is 0 Å². The average Bonchev–Trinajstić information content (AvgIpc) is 3.19. The third-order valence-electron chi connectivity index (χ3n) is 5.78. The van der Waals surface area contributed by atoms with Crippen LogP contribution in [0.4, 0.5) is 13.2 Å². The second-order valence-electron chi connectivity index (χ2n) is 7.72. The van der Waals surface area contributed by atoms with Gasteiger partial charge in [0.15, 0.2) is 11.6 Å². The first-order chi connectivity index (χ1) is 15.2. The molecule has 164 valence electrons. The molecule has 2 atom stereocenters. The summed E-state index contributed by atoms with van der Waals surface area (Å²) in [6.45, 7) is 0. The summed E-state index contributed by atoms with van der Waals surface area (Å²) in [7, 11) is 0.0933. The number of rotatable bonds is 2. The van der Waals surface area contributed by atoms with Crippen LogP contribution in [-0.2, 0) is 16.6 Å². The molecule has 0 aliphatic carbocycles. The number of halogens is 3. The molecule has 10 heteroatoms. The lowest BCUT2D eigenvalue weighted by Gasteiger charge is -2.33. The molecule has 1 amide bonds. The van der Waals surface area contributed by atoms with Crippen molar-refractivity contribution in [3.05, 3.63) is 87.4 Å². The highest BCUT2D eigenvalue weighted by Crippen LogP contribution is 2.35. The van der Waals surface area contributed by atoms with E-state index in [-0.39, 0.29) is 33.4 Å². The van der Waals surface area contributed by atoms with Crippen molar-refractivity contribution in [3.8, 4) is 0 Å².